The number of carboxylic acid groups (broad SMARTS) is 1. The molecule has 1 amide bonds. The van der Waals surface area contributed by atoms with Crippen molar-refractivity contribution in [2.24, 2.45) is 5.41 Å². The van der Waals surface area contributed by atoms with Crippen LogP contribution in [0.1, 0.15) is 33.6 Å². The zero-order valence-electron chi connectivity index (χ0n) is 13.7. The summed E-state index contributed by atoms with van der Waals surface area (Å²) in [5.41, 5.74) is 0.208. The number of benzene rings is 1. The minimum absolute atomic E-state index is 0.234. The number of amides is 1. The predicted molar refractivity (Wildman–Crippen MR) is 90.0 cm³/mol. The molecule has 128 valence electrons. The van der Waals surface area contributed by atoms with Crippen LogP contribution in [0.4, 0.5) is 10.5 Å². The first kappa shape index (κ1) is 17.6. The largest absolute Gasteiger partial charge is 0.465 e. The van der Waals surface area contributed by atoms with E-state index in [4.69, 9.17) is 0 Å². The SMILES string of the molecule is CC(C)(C)C1CC(S(=O)(=O)Nc2ccccc2)CCN1C(=O)O. The van der Waals surface area contributed by atoms with Gasteiger partial charge in [-0.2, -0.15) is 0 Å². The van der Waals surface area contributed by atoms with Gasteiger partial charge in [-0.15, -0.1) is 0 Å². The number of anilines is 1. The molecule has 6 nitrogen and oxygen atoms in total. The number of hydrogen-bond donors (Lipinski definition) is 2. The summed E-state index contributed by atoms with van der Waals surface area (Å²) >= 11 is 0. The number of carbonyl (C=O) groups is 1. The van der Waals surface area contributed by atoms with Gasteiger partial charge in [-0.3, -0.25) is 4.72 Å². The van der Waals surface area contributed by atoms with E-state index in [9.17, 15) is 18.3 Å². The summed E-state index contributed by atoms with van der Waals surface area (Å²) in [7, 11) is -3.55. The van der Waals surface area contributed by atoms with Crippen molar-refractivity contribution in [2.45, 2.75) is 44.9 Å². The number of hydrogen-bond acceptors (Lipinski definition) is 3. The van der Waals surface area contributed by atoms with Crippen molar-refractivity contribution in [3.8, 4) is 0 Å². The third-order valence-corrected chi connectivity index (χ3v) is 6.10. The smallest absolute Gasteiger partial charge is 0.407 e. The standard InChI is InChI=1S/C16H24N2O4S/c1-16(2,3)14-11-13(9-10-18(14)15(19)20)23(21,22)17-12-7-5-4-6-8-12/h4-8,13-14,17H,9-11H2,1-3H3,(H,19,20). The molecule has 0 bridgehead atoms. The lowest BCUT2D eigenvalue weighted by atomic mass is 9.80. The van der Waals surface area contributed by atoms with Crippen LogP contribution in [0.3, 0.4) is 0 Å². The molecule has 1 fully saturated rings. The van der Waals surface area contributed by atoms with Crippen LogP contribution in [-0.4, -0.2) is 42.4 Å². The maximum Gasteiger partial charge on any atom is 0.407 e. The average Bonchev–Trinajstić information content (AvgIpc) is 2.46. The Kier molecular flexibility index (Phi) is 4.89. The summed E-state index contributed by atoms with van der Waals surface area (Å²) < 4.78 is 27.9. The normalized spacial score (nSPS) is 22.7. The molecule has 1 aliphatic heterocycles. The van der Waals surface area contributed by atoms with E-state index >= 15 is 0 Å². The molecule has 1 aromatic rings. The Labute approximate surface area is 137 Å². The molecule has 7 heteroatoms. The number of sulfonamides is 1. The fourth-order valence-electron chi connectivity index (χ4n) is 3.02. The van der Waals surface area contributed by atoms with Crippen molar-refractivity contribution < 1.29 is 18.3 Å². The maximum absolute atomic E-state index is 12.6. The highest BCUT2D eigenvalue weighted by atomic mass is 32.2. The number of piperidine rings is 1. The van der Waals surface area contributed by atoms with Crippen LogP contribution in [0.5, 0.6) is 0 Å². The number of likely N-dealkylation sites (tertiary alicyclic amines) is 1. The molecule has 0 saturated carbocycles. The number of nitrogens with one attached hydrogen (secondary N) is 1. The van der Waals surface area contributed by atoms with Crippen LogP contribution in [-0.2, 0) is 10.0 Å². The molecule has 23 heavy (non-hydrogen) atoms. The van der Waals surface area contributed by atoms with Crippen molar-refractivity contribution in [1.82, 2.24) is 4.90 Å². The van der Waals surface area contributed by atoms with E-state index in [1.807, 2.05) is 26.8 Å². The molecule has 1 saturated heterocycles. The van der Waals surface area contributed by atoms with Gasteiger partial charge in [0.1, 0.15) is 0 Å². The van der Waals surface area contributed by atoms with Gasteiger partial charge in [0.15, 0.2) is 0 Å². The van der Waals surface area contributed by atoms with Crippen molar-refractivity contribution >= 4 is 21.8 Å². The lowest BCUT2D eigenvalue weighted by Gasteiger charge is -2.44. The van der Waals surface area contributed by atoms with Gasteiger partial charge in [0.05, 0.1) is 5.25 Å². The lowest BCUT2D eigenvalue weighted by molar-refractivity contribution is 0.0605. The van der Waals surface area contributed by atoms with Gasteiger partial charge in [-0.05, 0) is 30.4 Å². The molecule has 0 spiro atoms. The van der Waals surface area contributed by atoms with E-state index in [0.717, 1.165) is 0 Å². The molecule has 1 aromatic carbocycles. The molecule has 2 N–H and O–H groups in total. The summed E-state index contributed by atoms with van der Waals surface area (Å²) in [5, 5.41) is 8.76. The molecule has 2 rings (SSSR count). The van der Waals surface area contributed by atoms with Crippen molar-refractivity contribution in [2.75, 3.05) is 11.3 Å². The van der Waals surface area contributed by atoms with Crippen molar-refractivity contribution in [1.29, 1.82) is 0 Å². The summed E-state index contributed by atoms with van der Waals surface area (Å²) in [5.74, 6) is 0. The van der Waals surface area contributed by atoms with Crippen LogP contribution >= 0.6 is 0 Å². The van der Waals surface area contributed by atoms with E-state index in [1.54, 1.807) is 24.3 Å². The summed E-state index contributed by atoms with van der Waals surface area (Å²) in [4.78, 5) is 12.8. The predicted octanol–water partition coefficient (Wildman–Crippen LogP) is 2.99. The molecule has 0 radical (unpaired) electrons. The van der Waals surface area contributed by atoms with Gasteiger partial charge in [0.2, 0.25) is 10.0 Å². The lowest BCUT2D eigenvalue weighted by Crippen LogP contribution is -2.54. The Hall–Kier alpha value is -1.76. The van der Waals surface area contributed by atoms with Gasteiger partial charge < -0.3 is 10.0 Å². The number of rotatable bonds is 3. The molecule has 0 aliphatic carbocycles. The molecule has 2 unspecified atom stereocenters. The highest BCUT2D eigenvalue weighted by Gasteiger charge is 2.42. The van der Waals surface area contributed by atoms with Crippen molar-refractivity contribution in [3.05, 3.63) is 30.3 Å². The Balaban J connectivity index is 2.19. The second kappa shape index (κ2) is 6.39. The number of para-hydroxylation sites is 1. The van der Waals surface area contributed by atoms with Gasteiger partial charge in [-0.1, -0.05) is 39.0 Å². The Morgan fingerprint density at radius 3 is 2.39 bits per heavy atom. The second-order valence-corrected chi connectivity index (χ2v) is 8.98. The highest BCUT2D eigenvalue weighted by Crippen LogP contribution is 2.34. The molecule has 1 aliphatic rings. The molecule has 2 atom stereocenters. The summed E-state index contributed by atoms with van der Waals surface area (Å²) in [6, 6.07) is 8.42. The zero-order valence-corrected chi connectivity index (χ0v) is 14.5. The summed E-state index contributed by atoms with van der Waals surface area (Å²) in [6.45, 7) is 6.05. The zero-order chi connectivity index (χ0) is 17.3. The Bertz CT molecular complexity index is 652. The number of nitrogens with zero attached hydrogens (tertiary/aromatic N) is 1. The third-order valence-electron chi connectivity index (χ3n) is 4.27. The molecule has 0 aromatic heterocycles. The van der Waals surface area contributed by atoms with E-state index in [-0.39, 0.29) is 18.0 Å². The van der Waals surface area contributed by atoms with E-state index in [0.29, 0.717) is 18.5 Å². The fourth-order valence-corrected chi connectivity index (χ4v) is 4.50. The highest BCUT2D eigenvalue weighted by molar-refractivity contribution is 7.93. The quantitative estimate of drug-likeness (QED) is 0.885. The Morgan fingerprint density at radius 2 is 1.87 bits per heavy atom. The summed E-state index contributed by atoms with van der Waals surface area (Å²) in [6.07, 6.45) is -0.379. The first-order chi connectivity index (χ1) is 10.6. The van der Waals surface area contributed by atoms with E-state index < -0.39 is 21.4 Å². The van der Waals surface area contributed by atoms with Crippen LogP contribution in [0, 0.1) is 5.41 Å². The van der Waals surface area contributed by atoms with Crippen LogP contribution in [0.2, 0.25) is 0 Å². The van der Waals surface area contributed by atoms with E-state index in [2.05, 4.69) is 4.72 Å². The third kappa shape index (κ3) is 4.16. The minimum Gasteiger partial charge on any atom is -0.465 e. The van der Waals surface area contributed by atoms with Crippen LogP contribution in [0.15, 0.2) is 30.3 Å². The maximum atomic E-state index is 12.6. The van der Waals surface area contributed by atoms with Crippen molar-refractivity contribution in [3.63, 3.8) is 0 Å². The molecule has 1 heterocycles. The monoisotopic (exact) mass is 340 g/mol. The second-order valence-electron chi connectivity index (χ2n) is 7.02. The van der Waals surface area contributed by atoms with Gasteiger partial charge in [0, 0.05) is 18.3 Å². The first-order valence-corrected chi connectivity index (χ1v) is 9.22. The Morgan fingerprint density at radius 1 is 1.26 bits per heavy atom. The van der Waals surface area contributed by atoms with Gasteiger partial charge >= 0.3 is 6.09 Å². The van der Waals surface area contributed by atoms with Crippen LogP contribution < -0.4 is 4.72 Å². The molecular formula is C16H24N2O4S. The fraction of sp³-hybridized carbons (Fsp3) is 0.562. The van der Waals surface area contributed by atoms with Gasteiger partial charge in [0.25, 0.3) is 0 Å². The minimum atomic E-state index is -3.55. The first-order valence-electron chi connectivity index (χ1n) is 7.67. The molecular weight excluding hydrogens is 316 g/mol. The van der Waals surface area contributed by atoms with E-state index in [1.165, 1.54) is 4.90 Å². The van der Waals surface area contributed by atoms with Crippen LogP contribution in [0.25, 0.3) is 0 Å². The van der Waals surface area contributed by atoms with Gasteiger partial charge in [-0.25, -0.2) is 13.2 Å². The topological polar surface area (TPSA) is 86.7 Å². The average molecular weight is 340 g/mol.